The van der Waals surface area contributed by atoms with E-state index in [0.717, 1.165) is 6.42 Å². The molecule has 1 aliphatic rings. The number of hydrogen-bond acceptors (Lipinski definition) is 5. The SMILES string of the molecule is COc1cc2c(OC[C@@H]3CCC(=O)N3)nccc2cc1C(=O)O. The highest BCUT2D eigenvalue weighted by molar-refractivity contribution is 5.99. The Morgan fingerprint density at radius 3 is 2.96 bits per heavy atom. The molecule has 1 aromatic heterocycles. The zero-order valence-electron chi connectivity index (χ0n) is 12.5. The number of amides is 1. The maximum atomic E-state index is 11.3. The van der Waals surface area contributed by atoms with Gasteiger partial charge in [-0.15, -0.1) is 0 Å². The number of carbonyl (C=O) groups is 2. The van der Waals surface area contributed by atoms with Gasteiger partial charge in [-0.05, 0) is 30.0 Å². The van der Waals surface area contributed by atoms with E-state index in [1.807, 2.05) is 0 Å². The first kappa shape index (κ1) is 15.1. The number of aromatic carboxylic acids is 1. The molecular weight excluding hydrogens is 300 g/mol. The number of methoxy groups -OCH3 is 1. The predicted octanol–water partition coefficient (Wildman–Crippen LogP) is 1.60. The molecule has 0 bridgehead atoms. The topological polar surface area (TPSA) is 97.8 Å². The molecule has 1 atom stereocenters. The van der Waals surface area contributed by atoms with Gasteiger partial charge in [0.2, 0.25) is 11.8 Å². The van der Waals surface area contributed by atoms with E-state index >= 15 is 0 Å². The summed E-state index contributed by atoms with van der Waals surface area (Å²) in [6.07, 6.45) is 2.80. The fourth-order valence-corrected chi connectivity index (χ4v) is 2.61. The summed E-state index contributed by atoms with van der Waals surface area (Å²) in [5, 5.41) is 13.4. The number of fused-ring (bicyclic) bond motifs is 1. The van der Waals surface area contributed by atoms with E-state index in [2.05, 4.69) is 10.3 Å². The molecule has 2 N–H and O–H groups in total. The predicted molar refractivity (Wildman–Crippen MR) is 81.9 cm³/mol. The van der Waals surface area contributed by atoms with E-state index in [0.29, 0.717) is 29.7 Å². The van der Waals surface area contributed by atoms with Crippen LogP contribution in [0.3, 0.4) is 0 Å². The first-order chi connectivity index (χ1) is 11.1. The van der Waals surface area contributed by atoms with Crippen LogP contribution >= 0.6 is 0 Å². The van der Waals surface area contributed by atoms with Gasteiger partial charge < -0.3 is 19.9 Å². The highest BCUT2D eigenvalue weighted by atomic mass is 16.5. The molecule has 7 heteroatoms. The van der Waals surface area contributed by atoms with Crippen molar-refractivity contribution in [3.8, 4) is 11.6 Å². The first-order valence-electron chi connectivity index (χ1n) is 7.20. The van der Waals surface area contributed by atoms with E-state index in [-0.39, 0.29) is 23.3 Å². The number of carbonyl (C=O) groups excluding carboxylic acids is 1. The van der Waals surface area contributed by atoms with E-state index in [4.69, 9.17) is 9.47 Å². The van der Waals surface area contributed by atoms with E-state index in [9.17, 15) is 14.7 Å². The van der Waals surface area contributed by atoms with Crippen molar-refractivity contribution in [2.75, 3.05) is 13.7 Å². The summed E-state index contributed by atoms with van der Waals surface area (Å²) in [6.45, 7) is 0.320. The lowest BCUT2D eigenvalue weighted by Gasteiger charge is -2.14. The Labute approximate surface area is 132 Å². The van der Waals surface area contributed by atoms with Gasteiger partial charge in [0.05, 0.1) is 13.2 Å². The van der Waals surface area contributed by atoms with Crippen LogP contribution in [0.15, 0.2) is 24.4 Å². The molecule has 23 heavy (non-hydrogen) atoms. The summed E-state index contributed by atoms with van der Waals surface area (Å²) in [4.78, 5) is 26.7. The van der Waals surface area contributed by atoms with Crippen LogP contribution in [-0.4, -0.2) is 41.7 Å². The summed E-state index contributed by atoms with van der Waals surface area (Å²) in [7, 11) is 1.42. The second kappa shape index (κ2) is 6.12. The number of carboxylic acids is 1. The summed E-state index contributed by atoms with van der Waals surface area (Å²) in [5.41, 5.74) is 0.0835. The lowest BCUT2D eigenvalue weighted by Crippen LogP contribution is -2.31. The molecule has 1 aliphatic heterocycles. The third-order valence-corrected chi connectivity index (χ3v) is 3.78. The second-order valence-corrected chi connectivity index (χ2v) is 5.31. The quantitative estimate of drug-likeness (QED) is 0.869. The van der Waals surface area contributed by atoms with Gasteiger partial charge in [-0.2, -0.15) is 0 Å². The highest BCUT2D eigenvalue weighted by Crippen LogP contribution is 2.31. The Balaban J connectivity index is 1.91. The lowest BCUT2D eigenvalue weighted by atomic mass is 10.1. The minimum Gasteiger partial charge on any atom is -0.496 e. The van der Waals surface area contributed by atoms with Crippen LogP contribution in [0.5, 0.6) is 11.6 Å². The molecular formula is C16H16N2O5. The van der Waals surface area contributed by atoms with Gasteiger partial charge in [-0.1, -0.05) is 0 Å². The van der Waals surface area contributed by atoms with Crippen LogP contribution in [0.4, 0.5) is 0 Å². The van der Waals surface area contributed by atoms with Crippen LogP contribution < -0.4 is 14.8 Å². The molecule has 0 aliphatic carbocycles. The molecule has 0 saturated carbocycles. The van der Waals surface area contributed by atoms with Gasteiger partial charge in [0.15, 0.2) is 0 Å². The first-order valence-corrected chi connectivity index (χ1v) is 7.20. The highest BCUT2D eigenvalue weighted by Gasteiger charge is 2.22. The van der Waals surface area contributed by atoms with E-state index < -0.39 is 5.97 Å². The van der Waals surface area contributed by atoms with Gasteiger partial charge in [0, 0.05) is 18.0 Å². The maximum Gasteiger partial charge on any atom is 0.339 e. The lowest BCUT2D eigenvalue weighted by molar-refractivity contribution is -0.119. The average Bonchev–Trinajstić information content (AvgIpc) is 2.96. The zero-order valence-corrected chi connectivity index (χ0v) is 12.5. The van der Waals surface area contributed by atoms with Crippen molar-refractivity contribution in [3.05, 3.63) is 30.0 Å². The Kier molecular flexibility index (Phi) is 4.01. The summed E-state index contributed by atoms with van der Waals surface area (Å²) < 4.78 is 10.9. The number of carboxylic acid groups (broad SMARTS) is 1. The Morgan fingerprint density at radius 1 is 1.48 bits per heavy atom. The van der Waals surface area contributed by atoms with Crippen molar-refractivity contribution in [2.24, 2.45) is 0 Å². The number of pyridine rings is 1. The maximum absolute atomic E-state index is 11.3. The van der Waals surface area contributed by atoms with Crippen LogP contribution in [0.2, 0.25) is 0 Å². The summed E-state index contributed by atoms with van der Waals surface area (Å²) in [5.74, 6) is -0.398. The molecule has 1 saturated heterocycles. The van der Waals surface area contributed by atoms with Crippen molar-refractivity contribution >= 4 is 22.6 Å². The molecule has 1 amide bonds. The molecule has 2 heterocycles. The fourth-order valence-electron chi connectivity index (χ4n) is 2.61. The minimum atomic E-state index is -1.06. The van der Waals surface area contributed by atoms with Gasteiger partial charge in [-0.3, -0.25) is 4.79 Å². The molecule has 0 unspecified atom stereocenters. The second-order valence-electron chi connectivity index (χ2n) is 5.31. The molecule has 0 radical (unpaired) electrons. The molecule has 0 spiro atoms. The molecule has 7 nitrogen and oxygen atoms in total. The number of rotatable bonds is 5. The normalized spacial score (nSPS) is 17.1. The number of nitrogens with one attached hydrogen (secondary N) is 1. The Bertz CT molecular complexity index is 774. The summed E-state index contributed by atoms with van der Waals surface area (Å²) >= 11 is 0. The van der Waals surface area contributed by atoms with Crippen LogP contribution in [0.1, 0.15) is 23.2 Å². The average molecular weight is 316 g/mol. The van der Waals surface area contributed by atoms with Crippen molar-refractivity contribution in [1.29, 1.82) is 0 Å². The van der Waals surface area contributed by atoms with Crippen LogP contribution in [-0.2, 0) is 4.79 Å². The molecule has 1 aromatic carbocycles. The van der Waals surface area contributed by atoms with Crippen molar-refractivity contribution in [2.45, 2.75) is 18.9 Å². The standard InChI is InChI=1S/C16H16N2O5/c1-22-13-7-11-9(6-12(13)16(20)21)4-5-17-15(11)23-8-10-2-3-14(19)18-10/h4-7,10H,2-3,8H2,1H3,(H,18,19)(H,20,21)/t10-/m0/s1. The number of benzene rings is 1. The van der Waals surface area contributed by atoms with Crippen LogP contribution in [0, 0.1) is 0 Å². The molecule has 2 aromatic rings. The smallest absolute Gasteiger partial charge is 0.339 e. The van der Waals surface area contributed by atoms with Gasteiger partial charge in [0.25, 0.3) is 0 Å². The number of nitrogens with zero attached hydrogens (tertiary/aromatic N) is 1. The van der Waals surface area contributed by atoms with Crippen LogP contribution in [0.25, 0.3) is 10.8 Å². The zero-order chi connectivity index (χ0) is 16.4. The number of hydrogen-bond donors (Lipinski definition) is 2. The molecule has 3 rings (SSSR count). The van der Waals surface area contributed by atoms with Crippen molar-refractivity contribution in [3.63, 3.8) is 0 Å². The summed E-state index contributed by atoms with van der Waals surface area (Å²) in [6, 6.07) is 4.82. The monoisotopic (exact) mass is 316 g/mol. The Morgan fingerprint density at radius 2 is 2.30 bits per heavy atom. The fraction of sp³-hybridized carbons (Fsp3) is 0.312. The largest absolute Gasteiger partial charge is 0.496 e. The molecule has 120 valence electrons. The number of aromatic nitrogens is 1. The molecule has 1 fully saturated rings. The van der Waals surface area contributed by atoms with E-state index in [1.165, 1.54) is 13.2 Å². The van der Waals surface area contributed by atoms with Gasteiger partial charge in [0.1, 0.15) is 17.9 Å². The number of ether oxygens (including phenoxy) is 2. The minimum absolute atomic E-state index is 0.0252. The third-order valence-electron chi connectivity index (χ3n) is 3.78. The van der Waals surface area contributed by atoms with Gasteiger partial charge >= 0.3 is 5.97 Å². The third kappa shape index (κ3) is 3.03. The van der Waals surface area contributed by atoms with Crippen molar-refractivity contribution < 1.29 is 24.2 Å². The van der Waals surface area contributed by atoms with Gasteiger partial charge in [-0.25, -0.2) is 9.78 Å². The Hall–Kier alpha value is -2.83. The van der Waals surface area contributed by atoms with Crippen molar-refractivity contribution in [1.82, 2.24) is 10.3 Å². The van der Waals surface area contributed by atoms with E-state index in [1.54, 1.807) is 18.3 Å².